The summed E-state index contributed by atoms with van der Waals surface area (Å²) in [5.74, 6) is 0.168. The molecule has 1 unspecified atom stereocenters. The summed E-state index contributed by atoms with van der Waals surface area (Å²) in [6.45, 7) is 3.89. The van der Waals surface area contributed by atoms with E-state index in [0.29, 0.717) is 17.0 Å². The Morgan fingerprint density at radius 2 is 1.71 bits per heavy atom. The van der Waals surface area contributed by atoms with E-state index in [2.05, 4.69) is 4.98 Å². The molecule has 2 rings (SSSR count). The summed E-state index contributed by atoms with van der Waals surface area (Å²) in [6, 6.07) is 4.64. The Labute approximate surface area is 125 Å². The summed E-state index contributed by atoms with van der Waals surface area (Å²) in [7, 11) is 0. The van der Waals surface area contributed by atoms with Crippen LogP contribution in [0.3, 0.4) is 0 Å². The molecule has 1 aromatic carbocycles. The van der Waals surface area contributed by atoms with Crippen molar-refractivity contribution in [3.8, 4) is 0 Å². The molecule has 114 valence electrons. The Bertz CT molecular complexity index is 578. The number of aromatic nitrogens is 1. The molecule has 0 amide bonds. The third-order valence-corrected chi connectivity index (χ3v) is 4.10. The van der Waals surface area contributed by atoms with Crippen molar-refractivity contribution in [3.63, 3.8) is 0 Å². The molecule has 21 heavy (non-hydrogen) atoms. The molecule has 0 aliphatic rings. The van der Waals surface area contributed by atoms with Gasteiger partial charge in [0, 0.05) is 11.6 Å². The van der Waals surface area contributed by atoms with Crippen LogP contribution < -0.4 is 0 Å². The molecule has 2 aromatic rings. The number of nitrogens with zero attached hydrogens (tertiary/aromatic N) is 1. The first-order chi connectivity index (χ1) is 9.73. The van der Waals surface area contributed by atoms with Gasteiger partial charge in [-0.25, -0.2) is 4.98 Å². The van der Waals surface area contributed by atoms with Gasteiger partial charge >= 0.3 is 6.18 Å². The first-order valence-corrected chi connectivity index (χ1v) is 7.41. The minimum absolute atomic E-state index is 0.168. The molecule has 0 fully saturated rings. The van der Waals surface area contributed by atoms with Gasteiger partial charge in [-0.15, -0.1) is 11.3 Å². The average molecular weight is 315 g/mol. The van der Waals surface area contributed by atoms with Crippen molar-refractivity contribution in [2.75, 3.05) is 0 Å². The third kappa shape index (κ3) is 3.44. The second-order valence-corrected chi connectivity index (χ2v) is 6.27. The van der Waals surface area contributed by atoms with E-state index in [9.17, 15) is 18.3 Å². The van der Waals surface area contributed by atoms with Crippen LogP contribution in [-0.2, 0) is 11.8 Å². The first-order valence-electron chi connectivity index (χ1n) is 6.53. The fourth-order valence-corrected chi connectivity index (χ4v) is 3.05. The number of aliphatic hydroxyl groups is 1. The maximum atomic E-state index is 12.6. The normalized spacial score (nSPS) is 15.2. The molecule has 0 aliphatic heterocycles. The van der Waals surface area contributed by atoms with E-state index in [4.69, 9.17) is 0 Å². The average Bonchev–Trinajstić information content (AvgIpc) is 2.91. The van der Waals surface area contributed by atoms with Crippen molar-refractivity contribution in [2.45, 2.75) is 32.0 Å². The molecule has 1 N–H and O–H groups in total. The highest BCUT2D eigenvalue weighted by molar-refractivity contribution is 7.09. The fourth-order valence-electron chi connectivity index (χ4n) is 2.28. The topological polar surface area (TPSA) is 33.1 Å². The monoisotopic (exact) mass is 315 g/mol. The zero-order valence-electron chi connectivity index (χ0n) is 11.7. The lowest BCUT2D eigenvalue weighted by Gasteiger charge is -2.28. The smallest absolute Gasteiger partial charge is 0.378 e. The van der Waals surface area contributed by atoms with Crippen molar-refractivity contribution in [1.82, 2.24) is 4.98 Å². The molecule has 1 atom stereocenters. The summed E-state index contributed by atoms with van der Waals surface area (Å²) in [6.07, 6.45) is -2.41. The van der Waals surface area contributed by atoms with Gasteiger partial charge in [0.1, 0.15) is 10.6 Å². The third-order valence-electron chi connectivity index (χ3n) is 3.18. The van der Waals surface area contributed by atoms with E-state index < -0.39 is 17.3 Å². The lowest BCUT2D eigenvalue weighted by atomic mass is 9.85. The second kappa shape index (κ2) is 5.77. The number of halogens is 3. The lowest BCUT2D eigenvalue weighted by Crippen LogP contribution is -2.29. The predicted molar refractivity (Wildman–Crippen MR) is 76.0 cm³/mol. The number of alkyl halides is 3. The Morgan fingerprint density at radius 1 is 1.14 bits per heavy atom. The maximum Gasteiger partial charge on any atom is 0.416 e. The predicted octanol–water partition coefficient (Wildman–Crippen LogP) is 4.44. The Balaban J connectivity index is 2.43. The highest BCUT2D eigenvalue weighted by Crippen LogP contribution is 2.38. The molecule has 6 heteroatoms. The van der Waals surface area contributed by atoms with Crippen LogP contribution >= 0.6 is 11.3 Å². The summed E-state index contributed by atoms with van der Waals surface area (Å²) in [5.41, 5.74) is -1.65. The van der Waals surface area contributed by atoms with Gasteiger partial charge in [0.05, 0.1) is 5.56 Å². The van der Waals surface area contributed by atoms with Gasteiger partial charge in [-0.2, -0.15) is 13.2 Å². The molecule has 0 saturated heterocycles. The molecule has 1 aromatic heterocycles. The lowest BCUT2D eigenvalue weighted by molar-refractivity contribution is -0.137. The highest BCUT2D eigenvalue weighted by Gasteiger charge is 2.36. The molecular formula is C15H16F3NOS. The molecule has 0 saturated carbocycles. The minimum atomic E-state index is -4.38. The van der Waals surface area contributed by atoms with E-state index in [0.717, 1.165) is 12.1 Å². The summed E-state index contributed by atoms with van der Waals surface area (Å²) >= 11 is 1.29. The van der Waals surface area contributed by atoms with Crippen LogP contribution in [0.25, 0.3) is 0 Å². The maximum absolute atomic E-state index is 12.6. The van der Waals surface area contributed by atoms with Crippen LogP contribution in [0, 0.1) is 5.92 Å². The summed E-state index contributed by atoms with van der Waals surface area (Å²) in [5, 5.41) is 13.2. The minimum Gasteiger partial charge on any atom is -0.378 e. The van der Waals surface area contributed by atoms with Crippen molar-refractivity contribution >= 4 is 11.3 Å². The number of thiazole rings is 1. The van der Waals surface area contributed by atoms with E-state index >= 15 is 0 Å². The van der Waals surface area contributed by atoms with Crippen LogP contribution in [-0.4, -0.2) is 10.1 Å². The Hall–Kier alpha value is -1.40. The summed E-state index contributed by atoms with van der Waals surface area (Å²) in [4.78, 5) is 4.14. The second-order valence-electron chi connectivity index (χ2n) is 5.37. The largest absolute Gasteiger partial charge is 0.416 e. The zero-order chi connectivity index (χ0) is 15.7. The molecule has 0 spiro atoms. The van der Waals surface area contributed by atoms with Crippen molar-refractivity contribution in [1.29, 1.82) is 0 Å². The molecule has 0 aliphatic carbocycles. The Morgan fingerprint density at radius 3 is 2.14 bits per heavy atom. The van der Waals surface area contributed by atoms with E-state index in [-0.39, 0.29) is 5.92 Å². The molecule has 0 bridgehead atoms. The van der Waals surface area contributed by atoms with E-state index in [1.807, 2.05) is 13.8 Å². The SMILES string of the molecule is CC(C)CC(O)(c1ccc(C(F)(F)F)cc1)c1nccs1. The first kappa shape index (κ1) is 16.0. The van der Waals surface area contributed by atoms with Crippen molar-refractivity contribution in [2.24, 2.45) is 5.92 Å². The van der Waals surface area contributed by atoms with E-state index in [1.165, 1.54) is 23.5 Å². The van der Waals surface area contributed by atoms with E-state index in [1.54, 1.807) is 11.6 Å². The van der Waals surface area contributed by atoms with Gasteiger partial charge in [0.2, 0.25) is 0 Å². The molecule has 2 nitrogen and oxygen atoms in total. The van der Waals surface area contributed by atoms with Gasteiger partial charge in [-0.05, 0) is 30.0 Å². The van der Waals surface area contributed by atoms with Gasteiger partial charge in [-0.3, -0.25) is 0 Å². The molecule has 1 heterocycles. The van der Waals surface area contributed by atoms with Gasteiger partial charge in [0.15, 0.2) is 0 Å². The standard InChI is InChI=1S/C15H16F3NOS/c1-10(2)9-14(20,13-19-7-8-21-13)11-3-5-12(6-4-11)15(16,17)18/h3-8,10,20H,9H2,1-2H3. The highest BCUT2D eigenvalue weighted by atomic mass is 32.1. The van der Waals surface area contributed by atoms with Gasteiger partial charge in [0.25, 0.3) is 0 Å². The van der Waals surface area contributed by atoms with Crippen LogP contribution in [0.1, 0.15) is 36.4 Å². The quantitative estimate of drug-likeness (QED) is 0.904. The molecule has 0 radical (unpaired) electrons. The van der Waals surface area contributed by atoms with Crippen molar-refractivity contribution < 1.29 is 18.3 Å². The van der Waals surface area contributed by atoms with Crippen LogP contribution in [0.15, 0.2) is 35.8 Å². The number of rotatable bonds is 4. The fraction of sp³-hybridized carbons (Fsp3) is 0.400. The number of hydrogen-bond donors (Lipinski definition) is 1. The zero-order valence-corrected chi connectivity index (χ0v) is 12.5. The summed E-state index contributed by atoms with van der Waals surface area (Å²) < 4.78 is 37.9. The Kier molecular flexibility index (Phi) is 4.39. The molecular weight excluding hydrogens is 299 g/mol. The van der Waals surface area contributed by atoms with Crippen LogP contribution in [0.5, 0.6) is 0 Å². The number of hydrogen-bond acceptors (Lipinski definition) is 3. The van der Waals surface area contributed by atoms with Crippen LogP contribution in [0.2, 0.25) is 0 Å². The van der Waals surface area contributed by atoms with Gasteiger partial charge < -0.3 is 5.11 Å². The van der Waals surface area contributed by atoms with Gasteiger partial charge in [-0.1, -0.05) is 26.0 Å². The van der Waals surface area contributed by atoms with Crippen molar-refractivity contribution in [3.05, 3.63) is 52.0 Å². The van der Waals surface area contributed by atoms with Crippen LogP contribution in [0.4, 0.5) is 13.2 Å². The number of benzene rings is 1.